The predicted octanol–water partition coefficient (Wildman–Crippen LogP) is 2.44. The van der Waals surface area contributed by atoms with Gasteiger partial charge in [-0.1, -0.05) is 5.16 Å². The van der Waals surface area contributed by atoms with Gasteiger partial charge >= 0.3 is 0 Å². The van der Waals surface area contributed by atoms with Crippen LogP contribution in [-0.2, 0) is 16.0 Å². The monoisotopic (exact) mass is 388 g/mol. The smallest absolute Gasteiger partial charge is 0.239 e. The zero-order valence-corrected chi connectivity index (χ0v) is 16.9. The molecule has 0 spiro atoms. The lowest BCUT2D eigenvalue weighted by Crippen LogP contribution is -2.42. The van der Waals surface area contributed by atoms with Crippen LogP contribution in [0.3, 0.4) is 0 Å². The molecule has 1 N–H and O–H groups in total. The van der Waals surface area contributed by atoms with E-state index in [0.717, 1.165) is 11.3 Å². The Balaban J connectivity index is 1.82. The van der Waals surface area contributed by atoms with Crippen molar-refractivity contribution >= 4 is 11.8 Å². The van der Waals surface area contributed by atoms with Gasteiger partial charge < -0.3 is 19.5 Å². The van der Waals surface area contributed by atoms with E-state index in [1.807, 2.05) is 45.0 Å². The van der Waals surface area contributed by atoms with Crippen LogP contribution in [0, 0.1) is 0 Å². The maximum Gasteiger partial charge on any atom is 0.239 e. The maximum absolute atomic E-state index is 12.3. The number of rotatable bonds is 10. The van der Waals surface area contributed by atoms with Crippen LogP contribution in [0.5, 0.6) is 5.75 Å². The van der Waals surface area contributed by atoms with Gasteiger partial charge in [0.05, 0.1) is 13.7 Å². The number of carbonyl (C=O) groups is 2. The summed E-state index contributed by atoms with van der Waals surface area (Å²) in [6, 6.07) is 7.44. The fourth-order valence-corrected chi connectivity index (χ4v) is 2.68. The van der Waals surface area contributed by atoms with E-state index in [1.54, 1.807) is 12.0 Å². The Morgan fingerprint density at radius 3 is 2.57 bits per heavy atom. The second kappa shape index (κ2) is 10.4. The average molecular weight is 388 g/mol. The molecule has 8 nitrogen and oxygen atoms in total. The van der Waals surface area contributed by atoms with Crippen molar-refractivity contribution in [3.05, 3.63) is 30.2 Å². The van der Waals surface area contributed by atoms with Crippen molar-refractivity contribution in [1.82, 2.24) is 20.4 Å². The molecule has 0 aliphatic heterocycles. The standard InChI is InChI=1S/C20H28N4O4/c1-5-24(13-17(25)21-14(2)3)19(26)8-6-7-18-22-20(23-28-18)15-9-11-16(27-4)12-10-15/h9-12,14H,5-8,13H2,1-4H3,(H,21,25). The minimum Gasteiger partial charge on any atom is -0.497 e. The van der Waals surface area contributed by atoms with Crippen LogP contribution < -0.4 is 10.1 Å². The number of amides is 2. The molecular formula is C20H28N4O4. The number of hydrogen-bond donors (Lipinski definition) is 1. The second-order valence-electron chi connectivity index (χ2n) is 6.72. The Kier molecular flexibility index (Phi) is 7.98. The van der Waals surface area contributed by atoms with Gasteiger partial charge in [0.25, 0.3) is 0 Å². The third-order valence-electron chi connectivity index (χ3n) is 4.12. The molecule has 0 saturated carbocycles. The van der Waals surface area contributed by atoms with Crippen molar-refractivity contribution < 1.29 is 18.8 Å². The molecule has 0 bridgehead atoms. The molecule has 1 aromatic heterocycles. The van der Waals surface area contributed by atoms with Gasteiger partial charge in [-0.15, -0.1) is 0 Å². The number of nitrogens with one attached hydrogen (secondary N) is 1. The van der Waals surface area contributed by atoms with Gasteiger partial charge in [0.1, 0.15) is 5.75 Å². The highest BCUT2D eigenvalue weighted by Gasteiger charge is 2.16. The van der Waals surface area contributed by atoms with Gasteiger partial charge in [-0.3, -0.25) is 9.59 Å². The number of aryl methyl sites for hydroxylation is 1. The maximum atomic E-state index is 12.3. The van der Waals surface area contributed by atoms with Crippen molar-refractivity contribution in [2.45, 2.75) is 46.1 Å². The summed E-state index contributed by atoms with van der Waals surface area (Å²) in [5.74, 6) is 1.54. The van der Waals surface area contributed by atoms with Crippen molar-refractivity contribution in [2.75, 3.05) is 20.2 Å². The molecule has 0 radical (unpaired) electrons. The van der Waals surface area contributed by atoms with E-state index in [4.69, 9.17) is 9.26 Å². The lowest BCUT2D eigenvalue weighted by Gasteiger charge is -2.21. The van der Waals surface area contributed by atoms with Gasteiger partial charge in [0.2, 0.25) is 23.5 Å². The van der Waals surface area contributed by atoms with Crippen LogP contribution in [0.15, 0.2) is 28.8 Å². The molecule has 1 heterocycles. The topological polar surface area (TPSA) is 97.6 Å². The number of hydrogen-bond acceptors (Lipinski definition) is 6. The largest absolute Gasteiger partial charge is 0.497 e. The summed E-state index contributed by atoms with van der Waals surface area (Å²) in [7, 11) is 1.61. The number of carbonyl (C=O) groups excluding carboxylic acids is 2. The number of benzene rings is 1. The van der Waals surface area contributed by atoms with Gasteiger partial charge in [0.15, 0.2) is 0 Å². The first-order valence-electron chi connectivity index (χ1n) is 9.47. The van der Waals surface area contributed by atoms with Gasteiger partial charge in [-0.25, -0.2) is 0 Å². The molecular weight excluding hydrogens is 360 g/mol. The number of methoxy groups -OCH3 is 1. The van der Waals surface area contributed by atoms with E-state index in [2.05, 4.69) is 15.5 Å². The highest BCUT2D eigenvalue weighted by molar-refractivity contribution is 5.84. The minimum absolute atomic E-state index is 0.0544. The van der Waals surface area contributed by atoms with Gasteiger partial charge in [0, 0.05) is 31.0 Å². The predicted molar refractivity (Wildman–Crippen MR) is 105 cm³/mol. The molecule has 0 unspecified atom stereocenters. The highest BCUT2D eigenvalue weighted by atomic mass is 16.5. The van der Waals surface area contributed by atoms with E-state index in [0.29, 0.717) is 37.5 Å². The second-order valence-corrected chi connectivity index (χ2v) is 6.72. The van der Waals surface area contributed by atoms with Crippen LogP contribution >= 0.6 is 0 Å². The Morgan fingerprint density at radius 1 is 1.25 bits per heavy atom. The molecule has 0 aliphatic carbocycles. The Hall–Kier alpha value is -2.90. The molecule has 0 fully saturated rings. The Morgan fingerprint density at radius 2 is 1.96 bits per heavy atom. The molecule has 28 heavy (non-hydrogen) atoms. The summed E-state index contributed by atoms with van der Waals surface area (Å²) < 4.78 is 10.4. The first-order chi connectivity index (χ1) is 13.4. The number of likely N-dealkylation sites (N-methyl/N-ethyl adjacent to an activating group) is 1. The van der Waals surface area contributed by atoms with Crippen molar-refractivity contribution in [2.24, 2.45) is 0 Å². The van der Waals surface area contributed by atoms with Crippen LogP contribution in [0.4, 0.5) is 0 Å². The molecule has 1 aromatic carbocycles. The Bertz CT molecular complexity index is 771. The van der Waals surface area contributed by atoms with Crippen LogP contribution in [0.25, 0.3) is 11.4 Å². The SMILES string of the molecule is CCN(CC(=O)NC(C)C)C(=O)CCCc1nc(-c2ccc(OC)cc2)no1. The summed E-state index contributed by atoms with van der Waals surface area (Å²) in [6.07, 6.45) is 1.40. The van der Waals surface area contributed by atoms with Crippen molar-refractivity contribution in [3.63, 3.8) is 0 Å². The van der Waals surface area contributed by atoms with E-state index in [9.17, 15) is 9.59 Å². The normalized spacial score (nSPS) is 10.8. The summed E-state index contributed by atoms with van der Waals surface area (Å²) >= 11 is 0. The molecule has 152 valence electrons. The van der Waals surface area contributed by atoms with Crippen molar-refractivity contribution in [3.8, 4) is 17.1 Å². The molecule has 0 saturated heterocycles. The average Bonchev–Trinajstić information content (AvgIpc) is 3.14. The Labute approximate surface area is 165 Å². The first kappa shape index (κ1) is 21.4. The lowest BCUT2D eigenvalue weighted by atomic mass is 10.2. The molecule has 2 aromatic rings. The van der Waals surface area contributed by atoms with E-state index in [1.165, 1.54) is 0 Å². The third kappa shape index (κ3) is 6.37. The quantitative estimate of drug-likeness (QED) is 0.671. The van der Waals surface area contributed by atoms with E-state index >= 15 is 0 Å². The van der Waals surface area contributed by atoms with E-state index < -0.39 is 0 Å². The summed E-state index contributed by atoms with van der Waals surface area (Å²) in [4.78, 5) is 30.1. The zero-order valence-electron chi connectivity index (χ0n) is 16.9. The highest BCUT2D eigenvalue weighted by Crippen LogP contribution is 2.20. The van der Waals surface area contributed by atoms with Crippen LogP contribution in [0.1, 0.15) is 39.5 Å². The minimum atomic E-state index is -0.147. The summed E-state index contributed by atoms with van der Waals surface area (Å²) in [6.45, 7) is 6.21. The van der Waals surface area contributed by atoms with Gasteiger partial charge in [-0.2, -0.15) is 4.98 Å². The van der Waals surface area contributed by atoms with Crippen molar-refractivity contribution in [1.29, 1.82) is 0 Å². The lowest BCUT2D eigenvalue weighted by molar-refractivity contribution is -0.136. The first-order valence-corrected chi connectivity index (χ1v) is 9.47. The molecule has 2 amide bonds. The van der Waals surface area contributed by atoms with E-state index in [-0.39, 0.29) is 24.4 Å². The summed E-state index contributed by atoms with van der Waals surface area (Å²) in [5, 5.41) is 6.78. The number of ether oxygens (including phenoxy) is 1. The number of aromatic nitrogens is 2. The third-order valence-corrected chi connectivity index (χ3v) is 4.12. The summed E-state index contributed by atoms with van der Waals surface area (Å²) in [5.41, 5.74) is 0.834. The van der Waals surface area contributed by atoms with Gasteiger partial charge in [-0.05, 0) is 51.5 Å². The fourth-order valence-electron chi connectivity index (χ4n) is 2.68. The molecule has 8 heteroatoms. The molecule has 0 aliphatic rings. The number of nitrogens with zero attached hydrogens (tertiary/aromatic N) is 3. The van der Waals surface area contributed by atoms with Crippen LogP contribution in [-0.4, -0.2) is 53.1 Å². The molecule has 2 rings (SSSR count). The zero-order chi connectivity index (χ0) is 20.5. The van der Waals surface area contributed by atoms with Crippen LogP contribution in [0.2, 0.25) is 0 Å². The molecule has 0 atom stereocenters. The fraction of sp³-hybridized carbons (Fsp3) is 0.500.